The van der Waals surface area contributed by atoms with Crippen molar-refractivity contribution >= 4 is 31.5 Å². The minimum atomic E-state index is -3.88. The van der Waals surface area contributed by atoms with Crippen LogP contribution < -0.4 is 0 Å². The fraction of sp³-hybridized carbons (Fsp3) is 0.263. The van der Waals surface area contributed by atoms with Crippen molar-refractivity contribution in [3.63, 3.8) is 0 Å². The van der Waals surface area contributed by atoms with Crippen LogP contribution in [0, 0.1) is 0 Å². The first kappa shape index (κ1) is 21.0. The van der Waals surface area contributed by atoms with Gasteiger partial charge in [0.1, 0.15) is 16.7 Å². The third-order valence-corrected chi connectivity index (χ3v) is 8.85. The maximum absolute atomic E-state index is 13.1. The summed E-state index contributed by atoms with van der Waals surface area (Å²) >= 11 is 6.09. The standard InChI is InChI=1S/C19H18ClN3O5S2/c20-15-9-4-5-11-17(15)30(26,27)23-12-6-10-16(23)19-21-18(22-28-19)13-29(24,25)14-7-2-1-3-8-14/h1-5,7-9,11,16H,6,10,12-13H2/t16-/m1/s1. The first-order valence-corrected chi connectivity index (χ1v) is 12.6. The molecule has 2 heterocycles. The summed E-state index contributed by atoms with van der Waals surface area (Å²) in [6.45, 7) is 0.276. The molecule has 1 saturated heterocycles. The van der Waals surface area contributed by atoms with Gasteiger partial charge in [0.2, 0.25) is 15.9 Å². The van der Waals surface area contributed by atoms with Gasteiger partial charge >= 0.3 is 0 Å². The van der Waals surface area contributed by atoms with Crippen LogP contribution in [0.3, 0.4) is 0 Å². The van der Waals surface area contributed by atoms with Crippen molar-refractivity contribution in [1.29, 1.82) is 0 Å². The fourth-order valence-electron chi connectivity index (χ4n) is 3.40. The quantitative estimate of drug-likeness (QED) is 0.547. The fourth-order valence-corrected chi connectivity index (χ4v) is 6.74. The second kappa shape index (κ2) is 8.10. The molecule has 1 aliphatic heterocycles. The first-order valence-electron chi connectivity index (χ1n) is 9.16. The first-order chi connectivity index (χ1) is 14.3. The van der Waals surface area contributed by atoms with Crippen LogP contribution in [0.1, 0.15) is 30.6 Å². The van der Waals surface area contributed by atoms with E-state index >= 15 is 0 Å². The van der Waals surface area contributed by atoms with Crippen LogP contribution in [0.25, 0.3) is 0 Å². The summed E-state index contributed by atoms with van der Waals surface area (Å²) in [7, 11) is -7.53. The highest BCUT2D eigenvalue weighted by atomic mass is 35.5. The van der Waals surface area contributed by atoms with Gasteiger partial charge in [-0.2, -0.15) is 9.29 Å². The highest BCUT2D eigenvalue weighted by molar-refractivity contribution is 7.90. The summed E-state index contributed by atoms with van der Waals surface area (Å²) in [5, 5.41) is 3.89. The van der Waals surface area contributed by atoms with Gasteiger partial charge in [-0.25, -0.2) is 16.8 Å². The van der Waals surface area contributed by atoms with Crippen molar-refractivity contribution in [1.82, 2.24) is 14.4 Å². The van der Waals surface area contributed by atoms with E-state index in [1.807, 2.05) is 0 Å². The van der Waals surface area contributed by atoms with Crippen LogP contribution in [0.2, 0.25) is 5.02 Å². The SMILES string of the molecule is O=S(=O)(Cc1noc([C@H]2CCCN2S(=O)(=O)c2ccccc2Cl)n1)c1ccccc1. The molecule has 0 unspecified atom stereocenters. The molecule has 1 aliphatic rings. The molecule has 158 valence electrons. The Kier molecular flexibility index (Phi) is 5.67. The van der Waals surface area contributed by atoms with E-state index < -0.39 is 31.7 Å². The van der Waals surface area contributed by atoms with Gasteiger partial charge in [0, 0.05) is 6.54 Å². The van der Waals surface area contributed by atoms with Crippen molar-refractivity contribution < 1.29 is 21.4 Å². The Morgan fingerprint density at radius 2 is 1.73 bits per heavy atom. The van der Waals surface area contributed by atoms with Crippen LogP contribution in [0.4, 0.5) is 0 Å². The number of hydrogen-bond donors (Lipinski definition) is 0. The summed E-state index contributed by atoms with van der Waals surface area (Å²) in [4.78, 5) is 4.34. The van der Waals surface area contributed by atoms with Gasteiger partial charge in [0.25, 0.3) is 0 Å². The molecule has 0 N–H and O–H groups in total. The van der Waals surface area contributed by atoms with Gasteiger partial charge in [0.15, 0.2) is 15.7 Å². The number of halogens is 1. The lowest BCUT2D eigenvalue weighted by Gasteiger charge is -2.21. The van der Waals surface area contributed by atoms with Crippen molar-refractivity contribution in [2.45, 2.75) is 34.4 Å². The molecule has 8 nitrogen and oxygen atoms in total. The summed E-state index contributed by atoms with van der Waals surface area (Å²) < 4.78 is 57.8. The van der Waals surface area contributed by atoms with Crippen molar-refractivity contribution in [2.75, 3.05) is 6.54 Å². The molecule has 4 rings (SSSR count). The number of nitrogens with zero attached hydrogens (tertiary/aromatic N) is 3. The summed E-state index contributed by atoms with van der Waals surface area (Å²) in [6, 6.07) is 13.5. The van der Waals surface area contributed by atoms with Gasteiger partial charge in [-0.05, 0) is 37.1 Å². The molecular formula is C19H18ClN3O5S2. The lowest BCUT2D eigenvalue weighted by molar-refractivity contribution is 0.289. The number of aromatic nitrogens is 2. The van der Waals surface area contributed by atoms with E-state index in [0.717, 1.165) is 0 Å². The molecule has 0 aliphatic carbocycles. The Balaban J connectivity index is 1.59. The van der Waals surface area contributed by atoms with E-state index in [0.29, 0.717) is 12.8 Å². The average Bonchev–Trinajstić information content (AvgIpc) is 3.38. The lowest BCUT2D eigenvalue weighted by atomic mass is 10.2. The molecule has 1 fully saturated rings. The number of benzene rings is 2. The predicted octanol–water partition coefficient (Wildman–Crippen LogP) is 3.22. The monoisotopic (exact) mass is 467 g/mol. The maximum Gasteiger partial charge on any atom is 0.245 e. The average molecular weight is 468 g/mol. The predicted molar refractivity (Wildman–Crippen MR) is 109 cm³/mol. The Morgan fingerprint density at radius 3 is 2.47 bits per heavy atom. The molecule has 1 atom stereocenters. The normalized spacial score (nSPS) is 18.0. The largest absolute Gasteiger partial charge is 0.338 e. The van der Waals surface area contributed by atoms with E-state index in [4.69, 9.17) is 16.1 Å². The molecule has 11 heteroatoms. The molecule has 0 spiro atoms. The zero-order chi connectivity index (χ0) is 21.4. The van der Waals surface area contributed by atoms with Crippen LogP contribution in [-0.2, 0) is 25.6 Å². The van der Waals surface area contributed by atoms with Crippen LogP contribution in [-0.4, -0.2) is 37.8 Å². The maximum atomic E-state index is 13.1. The third-order valence-electron chi connectivity index (χ3n) is 4.82. The third kappa shape index (κ3) is 4.00. The second-order valence-electron chi connectivity index (χ2n) is 6.83. The topological polar surface area (TPSA) is 110 Å². The molecule has 0 saturated carbocycles. The number of sulfone groups is 1. The Morgan fingerprint density at radius 1 is 1.03 bits per heavy atom. The lowest BCUT2D eigenvalue weighted by Crippen LogP contribution is -2.31. The molecule has 0 bridgehead atoms. The molecule has 0 radical (unpaired) electrons. The van der Waals surface area contributed by atoms with Gasteiger partial charge in [-0.1, -0.05) is 47.1 Å². The highest BCUT2D eigenvalue weighted by Crippen LogP contribution is 2.37. The van der Waals surface area contributed by atoms with E-state index in [-0.39, 0.29) is 33.1 Å². The highest BCUT2D eigenvalue weighted by Gasteiger charge is 2.40. The molecular weight excluding hydrogens is 450 g/mol. The van der Waals surface area contributed by atoms with Gasteiger partial charge < -0.3 is 4.52 Å². The number of hydrogen-bond acceptors (Lipinski definition) is 7. The van der Waals surface area contributed by atoms with E-state index in [1.165, 1.54) is 28.6 Å². The van der Waals surface area contributed by atoms with Crippen LogP contribution in [0.15, 0.2) is 68.9 Å². The Bertz CT molecular complexity index is 1260. The molecule has 1 aromatic heterocycles. The van der Waals surface area contributed by atoms with Crippen molar-refractivity contribution in [3.8, 4) is 0 Å². The Hall–Kier alpha value is -2.27. The molecule has 30 heavy (non-hydrogen) atoms. The second-order valence-corrected chi connectivity index (χ2v) is 11.1. The van der Waals surface area contributed by atoms with E-state index in [2.05, 4.69) is 10.1 Å². The smallest absolute Gasteiger partial charge is 0.245 e. The van der Waals surface area contributed by atoms with Gasteiger partial charge in [-0.15, -0.1) is 0 Å². The van der Waals surface area contributed by atoms with E-state index in [9.17, 15) is 16.8 Å². The summed E-state index contributed by atoms with van der Waals surface area (Å²) in [5.74, 6) is -0.387. The van der Waals surface area contributed by atoms with Gasteiger partial charge in [0.05, 0.1) is 9.92 Å². The van der Waals surface area contributed by atoms with Crippen LogP contribution >= 0.6 is 11.6 Å². The Labute approximate surface area is 179 Å². The van der Waals surface area contributed by atoms with Crippen LogP contribution in [0.5, 0.6) is 0 Å². The van der Waals surface area contributed by atoms with Gasteiger partial charge in [-0.3, -0.25) is 0 Å². The van der Waals surface area contributed by atoms with Crippen molar-refractivity contribution in [3.05, 3.63) is 71.3 Å². The zero-order valence-corrected chi connectivity index (χ0v) is 18.1. The minimum absolute atomic E-state index is 0.00459. The minimum Gasteiger partial charge on any atom is -0.338 e. The molecule has 0 amide bonds. The van der Waals surface area contributed by atoms with Crippen molar-refractivity contribution in [2.24, 2.45) is 0 Å². The molecule has 2 aromatic carbocycles. The van der Waals surface area contributed by atoms with E-state index in [1.54, 1.807) is 30.3 Å². The zero-order valence-electron chi connectivity index (χ0n) is 15.7. The number of sulfonamides is 1. The summed E-state index contributed by atoms with van der Waals surface area (Å²) in [5.41, 5.74) is 0. The molecule has 3 aromatic rings. The number of rotatable bonds is 6. The summed E-state index contributed by atoms with van der Waals surface area (Å²) in [6.07, 6.45) is 1.09.